The van der Waals surface area contributed by atoms with Crippen LogP contribution in [0.3, 0.4) is 0 Å². The van der Waals surface area contributed by atoms with Crippen LogP contribution in [0.25, 0.3) is 33.3 Å². The molecule has 184 valence electrons. The van der Waals surface area contributed by atoms with Gasteiger partial charge >= 0.3 is 0 Å². The molecule has 2 N–H and O–H groups in total. The Labute approximate surface area is 211 Å². The van der Waals surface area contributed by atoms with Crippen molar-refractivity contribution >= 4 is 43.7 Å². The highest BCUT2D eigenvalue weighted by Crippen LogP contribution is 2.35. The fraction of sp³-hybridized carbons (Fsp3) is 0.250. The molecule has 0 radical (unpaired) electrons. The third-order valence-electron chi connectivity index (χ3n) is 6.12. The summed E-state index contributed by atoms with van der Waals surface area (Å²) in [7, 11) is -3.21. The molecule has 1 aliphatic heterocycles. The lowest BCUT2D eigenvalue weighted by Gasteiger charge is -2.22. The van der Waals surface area contributed by atoms with Gasteiger partial charge in [0.2, 0.25) is 10.0 Å². The molecule has 10 nitrogen and oxygen atoms in total. The van der Waals surface area contributed by atoms with Crippen LogP contribution < -0.4 is 9.46 Å². The maximum atomic E-state index is 11.8. The number of H-pyrrole nitrogens is 1. The summed E-state index contributed by atoms with van der Waals surface area (Å²) in [5.74, 6) is 2.03. The fourth-order valence-corrected chi connectivity index (χ4v) is 6.11. The molecule has 3 aromatic heterocycles. The molecule has 4 heterocycles. The summed E-state index contributed by atoms with van der Waals surface area (Å²) in [5, 5.41) is 4.76. The van der Waals surface area contributed by atoms with Crippen molar-refractivity contribution in [2.45, 2.75) is 19.9 Å². The van der Waals surface area contributed by atoms with Gasteiger partial charge in [0.05, 0.1) is 40.4 Å². The van der Waals surface area contributed by atoms with Gasteiger partial charge in [0.25, 0.3) is 0 Å². The normalized spacial score (nSPS) is 17.6. The zero-order valence-electron chi connectivity index (χ0n) is 19.3. The SMILES string of the molecule is Cc1nc2ccc(Oc3ccc4ncc(-c5cnn(CC6CCNS(=O)(=O)C6)c5)nc4c3Cl)cc2[nH]1. The summed E-state index contributed by atoms with van der Waals surface area (Å²) >= 11 is 6.70. The molecule has 1 fully saturated rings. The van der Waals surface area contributed by atoms with E-state index < -0.39 is 10.0 Å². The number of aromatic amines is 1. The predicted octanol–water partition coefficient (Wildman–Crippen LogP) is 4.06. The van der Waals surface area contributed by atoms with Crippen LogP contribution in [0.15, 0.2) is 48.9 Å². The van der Waals surface area contributed by atoms with Crippen molar-refractivity contribution in [3.05, 3.63) is 59.8 Å². The zero-order valence-corrected chi connectivity index (χ0v) is 20.8. The number of aryl methyl sites for hydroxylation is 1. The molecule has 2 aromatic carbocycles. The van der Waals surface area contributed by atoms with Gasteiger partial charge in [-0.3, -0.25) is 9.67 Å². The molecule has 0 amide bonds. The highest BCUT2D eigenvalue weighted by molar-refractivity contribution is 7.89. The molecule has 0 bridgehead atoms. The van der Waals surface area contributed by atoms with Crippen LogP contribution in [0.2, 0.25) is 5.02 Å². The van der Waals surface area contributed by atoms with E-state index in [4.69, 9.17) is 21.3 Å². The largest absolute Gasteiger partial charge is 0.456 e. The molecule has 0 spiro atoms. The first-order valence-corrected chi connectivity index (χ1v) is 13.5. The Balaban J connectivity index is 1.26. The molecule has 5 aromatic rings. The average molecular weight is 524 g/mol. The molecule has 1 aliphatic rings. The first kappa shape index (κ1) is 22.9. The van der Waals surface area contributed by atoms with Crippen LogP contribution >= 0.6 is 11.6 Å². The molecule has 36 heavy (non-hydrogen) atoms. The minimum absolute atomic E-state index is 0.00531. The van der Waals surface area contributed by atoms with E-state index in [0.717, 1.165) is 28.8 Å². The number of rotatable bonds is 5. The van der Waals surface area contributed by atoms with E-state index in [0.29, 0.717) is 46.3 Å². The van der Waals surface area contributed by atoms with Crippen molar-refractivity contribution < 1.29 is 13.2 Å². The summed E-state index contributed by atoms with van der Waals surface area (Å²) in [6.07, 6.45) is 5.99. The molecule has 6 rings (SSSR count). The van der Waals surface area contributed by atoms with E-state index in [1.54, 1.807) is 23.1 Å². The van der Waals surface area contributed by atoms with E-state index in [2.05, 4.69) is 24.8 Å². The Hall–Kier alpha value is -3.54. The molecule has 1 atom stereocenters. The number of ether oxygens (including phenoxy) is 1. The summed E-state index contributed by atoms with van der Waals surface area (Å²) in [5.41, 5.74) is 4.28. The van der Waals surface area contributed by atoms with Gasteiger partial charge in [0.15, 0.2) is 0 Å². The monoisotopic (exact) mass is 523 g/mol. The second-order valence-electron chi connectivity index (χ2n) is 8.89. The third-order valence-corrected chi connectivity index (χ3v) is 8.04. The highest BCUT2D eigenvalue weighted by atomic mass is 35.5. The Morgan fingerprint density at radius 2 is 2.03 bits per heavy atom. The Morgan fingerprint density at radius 3 is 2.89 bits per heavy atom. The number of nitrogens with one attached hydrogen (secondary N) is 2. The van der Waals surface area contributed by atoms with Crippen LogP contribution in [0.5, 0.6) is 11.5 Å². The Kier molecular flexibility index (Phi) is 5.62. The average Bonchev–Trinajstić information content (AvgIpc) is 3.45. The maximum absolute atomic E-state index is 11.8. The lowest BCUT2D eigenvalue weighted by Crippen LogP contribution is -2.39. The van der Waals surface area contributed by atoms with Gasteiger partial charge < -0.3 is 9.72 Å². The van der Waals surface area contributed by atoms with Crippen molar-refractivity contribution in [1.82, 2.24) is 34.4 Å². The Morgan fingerprint density at radius 1 is 1.17 bits per heavy atom. The standard InChI is InChI=1S/C24H22ClN7O3S/c1-14-29-18-3-2-17(8-20(18)30-14)35-22-5-4-19-24(23(22)25)31-21(10-26-19)16-9-27-32(12-16)11-15-6-7-28-36(33,34)13-15/h2-5,8-10,12,15,28H,6-7,11,13H2,1H3,(H,29,30). The van der Waals surface area contributed by atoms with Gasteiger partial charge in [-0.15, -0.1) is 0 Å². The molecule has 1 unspecified atom stereocenters. The Bertz CT molecular complexity index is 1710. The van der Waals surface area contributed by atoms with E-state index >= 15 is 0 Å². The number of imidazole rings is 1. The van der Waals surface area contributed by atoms with Crippen molar-refractivity contribution in [2.24, 2.45) is 5.92 Å². The molecule has 0 aliphatic carbocycles. The third kappa shape index (κ3) is 4.52. The summed E-state index contributed by atoms with van der Waals surface area (Å²) in [4.78, 5) is 16.9. The predicted molar refractivity (Wildman–Crippen MR) is 137 cm³/mol. The summed E-state index contributed by atoms with van der Waals surface area (Å²) < 4.78 is 34.1. The van der Waals surface area contributed by atoms with E-state index in [9.17, 15) is 8.42 Å². The van der Waals surface area contributed by atoms with Gasteiger partial charge in [-0.1, -0.05) is 11.6 Å². The number of fused-ring (bicyclic) bond motifs is 2. The lowest BCUT2D eigenvalue weighted by molar-refractivity contribution is 0.404. The number of nitrogens with zero attached hydrogens (tertiary/aromatic N) is 5. The fourth-order valence-electron chi connectivity index (χ4n) is 4.43. The maximum Gasteiger partial charge on any atom is 0.211 e. The lowest BCUT2D eigenvalue weighted by atomic mass is 10.1. The van der Waals surface area contributed by atoms with Crippen LogP contribution in [0.4, 0.5) is 0 Å². The van der Waals surface area contributed by atoms with Gasteiger partial charge in [0, 0.05) is 30.9 Å². The topological polar surface area (TPSA) is 128 Å². The van der Waals surface area contributed by atoms with Crippen molar-refractivity contribution in [3.8, 4) is 22.8 Å². The summed E-state index contributed by atoms with van der Waals surface area (Å²) in [6.45, 7) is 2.87. The molecular formula is C24H22ClN7O3S. The molecular weight excluding hydrogens is 502 g/mol. The van der Waals surface area contributed by atoms with Gasteiger partial charge in [-0.25, -0.2) is 23.1 Å². The van der Waals surface area contributed by atoms with Crippen molar-refractivity contribution in [2.75, 3.05) is 12.3 Å². The first-order valence-electron chi connectivity index (χ1n) is 11.4. The highest BCUT2D eigenvalue weighted by Gasteiger charge is 2.24. The van der Waals surface area contributed by atoms with E-state index in [1.807, 2.05) is 37.4 Å². The minimum Gasteiger partial charge on any atom is -0.456 e. The van der Waals surface area contributed by atoms with Crippen LogP contribution in [-0.2, 0) is 16.6 Å². The number of hydrogen-bond donors (Lipinski definition) is 2. The number of benzene rings is 2. The first-order chi connectivity index (χ1) is 17.3. The number of aromatic nitrogens is 6. The number of halogens is 1. The van der Waals surface area contributed by atoms with Gasteiger partial charge in [-0.2, -0.15) is 5.10 Å². The molecule has 1 saturated heterocycles. The zero-order chi connectivity index (χ0) is 24.9. The van der Waals surface area contributed by atoms with Crippen molar-refractivity contribution in [3.63, 3.8) is 0 Å². The second kappa shape index (κ2) is 8.84. The quantitative estimate of drug-likeness (QED) is 0.355. The van der Waals surface area contributed by atoms with Crippen LogP contribution in [0, 0.1) is 12.8 Å². The summed E-state index contributed by atoms with van der Waals surface area (Å²) in [6, 6.07) is 9.19. The number of hydrogen-bond acceptors (Lipinski definition) is 7. The second-order valence-corrected chi connectivity index (χ2v) is 11.1. The smallest absolute Gasteiger partial charge is 0.211 e. The van der Waals surface area contributed by atoms with Gasteiger partial charge in [-0.05, 0) is 43.5 Å². The van der Waals surface area contributed by atoms with Crippen LogP contribution in [-0.4, -0.2) is 50.4 Å². The molecule has 0 saturated carbocycles. The van der Waals surface area contributed by atoms with E-state index in [1.165, 1.54) is 0 Å². The minimum atomic E-state index is -3.21. The molecule has 12 heteroatoms. The number of sulfonamides is 1. The van der Waals surface area contributed by atoms with Crippen LogP contribution in [0.1, 0.15) is 12.2 Å². The van der Waals surface area contributed by atoms with E-state index in [-0.39, 0.29) is 11.7 Å². The van der Waals surface area contributed by atoms with Gasteiger partial charge in [0.1, 0.15) is 27.9 Å². The van der Waals surface area contributed by atoms with Crippen molar-refractivity contribution in [1.29, 1.82) is 0 Å².